The molecular weight excluding hydrogens is 1010 g/mol. The summed E-state index contributed by atoms with van der Waals surface area (Å²) >= 11 is 0. The van der Waals surface area contributed by atoms with Gasteiger partial charge in [-0.2, -0.15) is 70.2 Å². The molecule has 5 aliphatic rings. The number of ether oxygens (including phenoxy) is 3. The van der Waals surface area contributed by atoms with Crippen LogP contribution >= 0.6 is 12.4 Å². The molecule has 1 aliphatic heterocycles. The van der Waals surface area contributed by atoms with E-state index in [2.05, 4.69) is 0 Å². The minimum Gasteiger partial charge on any atom is -0.507 e. The molecule has 382 valence electrons. The SMILES string of the molecule is COc1cccc2c1C(=O)c1c(O)c3c(c(O)c1C2=O)C[C@@](O)(C(=O)CO)C[C@@H]3O[C@H]1C[C@H](N)[C@H](O)[C@H](C)O1.Cl.FC1(F)C(F)(F)C(F)(F)C2(F)C(F)(F)C(F)(F)C(F)(F)C(F)(F)C2(F)C1(F)F. The van der Waals surface area contributed by atoms with E-state index in [1.165, 1.54) is 25.3 Å². The fraction of sp³-hybridized carbons (Fsp3) is 0.595. The predicted octanol–water partition coefficient (Wildman–Crippen LogP) is 5.94. The second-order valence-electron chi connectivity index (χ2n) is 16.1. The van der Waals surface area contributed by atoms with Crippen molar-refractivity contribution in [3.05, 3.63) is 51.6 Å². The van der Waals surface area contributed by atoms with Crippen molar-refractivity contribution < 1.29 is 133 Å². The third-order valence-corrected chi connectivity index (χ3v) is 12.4. The lowest BCUT2D eigenvalue weighted by molar-refractivity contribution is -0.560. The maximum Gasteiger partial charge on any atom is 0.382 e. The molecule has 2 aromatic rings. The van der Waals surface area contributed by atoms with Gasteiger partial charge in [-0.15, -0.1) is 12.4 Å². The third kappa shape index (κ3) is 6.11. The van der Waals surface area contributed by atoms with Crippen LogP contribution in [0.15, 0.2) is 18.2 Å². The summed E-state index contributed by atoms with van der Waals surface area (Å²) in [4.78, 5) is 39.7. The number of hydrogen-bond acceptors (Lipinski definition) is 12. The third-order valence-electron chi connectivity index (χ3n) is 12.4. The van der Waals surface area contributed by atoms with Crippen LogP contribution in [-0.4, -0.2) is 145 Å². The highest BCUT2D eigenvalue weighted by molar-refractivity contribution is 6.31. The highest BCUT2D eigenvalue weighted by atomic mass is 35.5. The zero-order chi connectivity index (χ0) is 51.4. The first-order chi connectivity index (χ1) is 30.2. The first-order valence-electron chi connectivity index (χ1n) is 18.6. The molecule has 0 radical (unpaired) electrons. The summed E-state index contributed by atoms with van der Waals surface area (Å²) < 4.78 is 258. The minimum absolute atomic E-state index is 0. The molecule has 3 fully saturated rings. The molecule has 68 heavy (non-hydrogen) atoms. The summed E-state index contributed by atoms with van der Waals surface area (Å²) in [6.07, 6.45) is -5.12. The van der Waals surface area contributed by atoms with E-state index in [0.29, 0.717) is 0 Å². The van der Waals surface area contributed by atoms with Crippen LogP contribution in [0.1, 0.15) is 68.8 Å². The largest absolute Gasteiger partial charge is 0.507 e. The molecule has 0 spiro atoms. The molecule has 7 rings (SSSR count). The first-order valence-corrected chi connectivity index (χ1v) is 18.6. The molecule has 0 bridgehead atoms. The maximum absolute atomic E-state index is 14.2. The normalized spacial score (nSPS) is 34.9. The van der Waals surface area contributed by atoms with Gasteiger partial charge >= 0.3 is 47.4 Å². The van der Waals surface area contributed by atoms with Gasteiger partial charge in [-0.3, -0.25) is 14.4 Å². The number of carbonyl (C=O) groups is 3. The Morgan fingerprint density at radius 3 is 1.59 bits per heavy atom. The van der Waals surface area contributed by atoms with Crippen molar-refractivity contribution in [2.45, 2.75) is 121 Å². The fourth-order valence-electron chi connectivity index (χ4n) is 8.66. The van der Waals surface area contributed by atoms with Gasteiger partial charge in [-0.05, 0) is 13.0 Å². The number of aliphatic hydroxyl groups is 3. The summed E-state index contributed by atoms with van der Waals surface area (Å²) in [5.41, 5.74) is -14.9. The number of benzene rings is 2. The van der Waals surface area contributed by atoms with E-state index >= 15 is 0 Å². The average Bonchev–Trinajstić information content (AvgIpc) is 3.23. The topological polar surface area (TPSA) is 206 Å². The van der Waals surface area contributed by atoms with E-state index in [4.69, 9.17) is 19.9 Å². The summed E-state index contributed by atoms with van der Waals surface area (Å²) in [7, 11) is 1.32. The van der Waals surface area contributed by atoms with Gasteiger partial charge in [0.05, 0.1) is 42.1 Å². The van der Waals surface area contributed by atoms with Gasteiger partial charge in [0, 0.05) is 42.0 Å². The van der Waals surface area contributed by atoms with Crippen molar-refractivity contribution in [3.63, 3.8) is 0 Å². The number of alkyl halides is 18. The monoisotopic (exact) mass is 1040 g/mol. The zero-order valence-corrected chi connectivity index (χ0v) is 34.2. The van der Waals surface area contributed by atoms with E-state index in [1.54, 1.807) is 6.92 Å². The molecule has 4 aliphatic carbocycles. The minimum atomic E-state index is -8.64. The van der Waals surface area contributed by atoms with Crippen molar-refractivity contribution in [2.75, 3.05) is 13.7 Å². The van der Waals surface area contributed by atoms with Crippen LogP contribution in [0.25, 0.3) is 0 Å². The Bertz CT molecular complexity index is 2320. The van der Waals surface area contributed by atoms with Gasteiger partial charge in [0.2, 0.25) is 5.78 Å². The number of hydrogen-bond donors (Lipinski definition) is 6. The molecule has 1 saturated heterocycles. The Morgan fingerprint density at radius 2 is 1.18 bits per heavy atom. The predicted molar refractivity (Wildman–Crippen MR) is 186 cm³/mol. The molecule has 7 N–H and O–H groups in total. The summed E-state index contributed by atoms with van der Waals surface area (Å²) in [6.45, 7) is 0.560. The van der Waals surface area contributed by atoms with Crippen molar-refractivity contribution >= 4 is 29.8 Å². The van der Waals surface area contributed by atoms with Crippen molar-refractivity contribution in [1.82, 2.24) is 0 Å². The molecule has 6 atom stereocenters. The number of phenolic OH excluding ortho intramolecular Hbond substituents is 2. The molecule has 2 saturated carbocycles. The highest BCUT2D eigenvalue weighted by Crippen LogP contribution is 2.81. The Balaban J connectivity index is 0.000000265. The van der Waals surface area contributed by atoms with Crippen LogP contribution < -0.4 is 10.5 Å². The summed E-state index contributed by atoms with van der Waals surface area (Å²) in [6, 6.07) is 3.64. The van der Waals surface area contributed by atoms with Crippen LogP contribution in [-0.2, 0) is 20.7 Å². The Morgan fingerprint density at radius 1 is 0.735 bits per heavy atom. The van der Waals surface area contributed by atoms with E-state index in [0.717, 1.165) is 0 Å². The van der Waals surface area contributed by atoms with Crippen molar-refractivity contribution in [2.24, 2.45) is 5.73 Å². The van der Waals surface area contributed by atoms with Crippen LogP contribution in [0.4, 0.5) is 79.0 Å². The summed E-state index contributed by atoms with van der Waals surface area (Å²) in [5, 5.41) is 53.7. The number of aliphatic hydroxyl groups excluding tert-OH is 2. The smallest absolute Gasteiger partial charge is 0.382 e. The van der Waals surface area contributed by atoms with Crippen LogP contribution in [0.5, 0.6) is 17.2 Å². The lowest BCUT2D eigenvalue weighted by atomic mass is 9.54. The second kappa shape index (κ2) is 15.8. The number of methoxy groups -OCH3 is 1. The molecule has 0 amide bonds. The maximum atomic E-state index is 14.2. The number of nitrogens with two attached hydrogens (primary N) is 1. The molecule has 31 heteroatoms. The molecule has 0 aromatic heterocycles. The molecular formula is C37H30ClF18NO11. The number of fused-ring (bicyclic) bond motifs is 4. The van der Waals surface area contributed by atoms with Gasteiger partial charge in [-0.25, -0.2) is 8.78 Å². The number of ketones is 3. The Kier molecular flexibility index (Phi) is 12.7. The number of rotatable bonds is 5. The fourth-order valence-corrected chi connectivity index (χ4v) is 8.66. The van der Waals surface area contributed by atoms with Gasteiger partial charge in [0.1, 0.15) is 29.5 Å². The first kappa shape index (κ1) is 54.6. The van der Waals surface area contributed by atoms with Gasteiger partial charge in [0.25, 0.3) is 11.3 Å². The molecule has 1 heterocycles. The number of phenols is 2. The standard InChI is InChI=1S/C27H29NO11.C10F18.ClH/c1-10-22(31)13(28)6-17(38-10)39-15-8-27(36,16(30)9-29)7-12-19(15)26(35)21-20(24(12)33)23(32)11-4-3-5-14(37-2)18(11)25(21)34;11-1-2(12,5(17,18)9(25,26)7(21,22)3(1,13)14)6(19,20)10(27,28)8(23,24)4(1,15)16;/h3-5,10,13,15,17,22,29,31,33,35-36H,6-9,28H2,1-2H3;;1H/t10-,13-,15-,17-,22+,27-;;/m0../s1. The van der Waals surface area contributed by atoms with E-state index in [-0.39, 0.29) is 46.8 Å². The van der Waals surface area contributed by atoms with E-state index < -0.39 is 154 Å². The van der Waals surface area contributed by atoms with Crippen LogP contribution in [0.2, 0.25) is 0 Å². The van der Waals surface area contributed by atoms with E-state index in [9.17, 15) is 119 Å². The highest BCUT2D eigenvalue weighted by Gasteiger charge is 3.15. The van der Waals surface area contributed by atoms with Crippen LogP contribution in [0.3, 0.4) is 0 Å². The Labute approximate surface area is 372 Å². The number of halogens is 19. The lowest BCUT2D eigenvalue weighted by Gasteiger charge is -2.63. The average molecular weight is 1040 g/mol. The molecule has 12 nitrogen and oxygen atoms in total. The van der Waals surface area contributed by atoms with E-state index in [1.807, 2.05) is 0 Å². The van der Waals surface area contributed by atoms with Crippen molar-refractivity contribution in [3.8, 4) is 17.2 Å². The lowest BCUT2D eigenvalue weighted by Crippen LogP contribution is -2.98. The molecule has 2 aromatic carbocycles. The van der Waals surface area contributed by atoms with Gasteiger partial charge < -0.3 is 45.5 Å². The zero-order valence-electron chi connectivity index (χ0n) is 33.4. The number of Topliss-reactive ketones (excluding diaryl/α,β-unsaturated/α-hetero) is 1. The Hall–Kier alpha value is -4.36. The number of carbonyl (C=O) groups excluding carboxylic acids is 3. The van der Waals surface area contributed by atoms with Gasteiger partial charge in [-0.1, -0.05) is 12.1 Å². The quantitative estimate of drug-likeness (QED) is 0.130. The van der Waals surface area contributed by atoms with Gasteiger partial charge in [0.15, 0.2) is 17.9 Å². The number of aromatic hydroxyl groups is 2. The molecule has 0 unspecified atom stereocenters. The second-order valence-corrected chi connectivity index (χ2v) is 16.1. The summed E-state index contributed by atoms with van der Waals surface area (Å²) in [5.74, 6) is -70.6. The van der Waals surface area contributed by atoms with Crippen molar-refractivity contribution in [1.29, 1.82) is 0 Å². The van der Waals surface area contributed by atoms with Crippen LogP contribution in [0, 0.1) is 0 Å².